The first-order valence-electron chi connectivity index (χ1n) is 8.77. The number of hydrogen-bond donors (Lipinski definition) is 2. The van der Waals surface area contributed by atoms with E-state index in [0.29, 0.717) is 31.4 Å². The number of rotatable bonds is 7. The normalized spacial score (nSPS) is 22.4. The Balaban J connectivity index is 1.59. The molecule has 0 saturated heterocycles. The number of alkyl halides is 3. The van der Waals surface area contributed by atoms with Crippen molar-refractivity contribution < 1.29 is 32.3 Å². The molecule has 148 valence electrons. The van der Waals surface area contributed by atoms with E-state index in [1.807, 2.05) is 4.90 Å². The second-order valence-electron chi connectivity index (χ2n) is 7.25. The molecule has 2 fully saturated rings. The van der Waals surface area contributed by atoms with Gasteiger partial charge < -0.3 is 10.4 Å². The van der Waals surface area contributed by atoms with Crippen LogP contribution < -0.4 is 5.32 Å². The van der Waals surface area contributed by atoms with Crippen LogP contribution >= 0.6 is 0 Å². The third-order valence-electron chi connectivity index (χ3n) is 5.02. The fourth-order valence-electron chi connectivity index (χ4n) is 3.36. The molecular formula is C18H20F4N2O3. The van der Waals surface area contributed by atoms with E-state index in [1.54, 1.807) is 0 Å². The molecule has 1 aromatic carbocycles. The van der Waals surface area contributed by atoms with Crippen molar-refractivity contribution >= 4 is 11.9 Å². The van der Waals surface area contributed by atoms with Gasteiger partial charge in [-0.1, -0.05) is 0 Å². The summed E-state index contributed by atoms with van der Waals surface area (Å²) < 4.78 is 52.2. The molecule has 0 aliphatic heterocycles. The predicted molar refractivity (Wildman–Crippen MR) is 87.6 cm³/mol. The molecule has 0 aromatic heterocycles. The second kappa shape index (κ2) is 7.46. The summed E-state index contributed by atoms with van der Waals surface area (Å²) in [7, 11) is 0. The lowest BCUT2D eigenvalue weighted by Crippen LogP contribution is -2.55. The molecule has 0 bridgehead atoms. The van der Waals surface area contributed by atoms with Crippen LogP contribution in [0.5, 0.6) is 0 Å². The van der Waals surface area contributed by atoms with Crippen LogP contribution in [-0.2, 0) is 11.0 Å². The summed E-state index contributed by atoms with van der Waals surface area (Å²) >= 11 is 0. The maximum atomic E-state index is 13.1. The van der Waals surface area contributed by atoms with E-state index < -0.39 is 35.0 Å². The third kappa shape index (κ3) is 4.97. The summed E-state index contributed by atoms with van der Waals surface area (Å²) in [4.78, 5) is 25.1. The Morgan fingerprint density at radius 2 is 1.89 bits per heavy atom. The summed E-state index contributed by atoms with van der Waals surface area (Å²) in [6.45, 7) is 0.603. The van der Waals surface area contributed by atoms with E-state index in [1.165, 1.54) is 0 Å². The Kier molecular flexibility index (Phi) is 5.41. The van der Waals surface area contributed by atoms with Gasteiger partial charge in [-0.3, -0.25) is 14.5 Å². The number of hydrogen-bond acceptors (Lipinski definition) is 3. The number of carbonyl (C=O) groups is 2. The predicted octanol–water partition coefficient (Wildman–Crippen LogP) is 2.90. The van der Waals surface area contributed by atoms with Gasteiger partial charge in [0.05, 0.1) is 17.7 Å². The molecule has 0 spiro atoms. The Morgan fingerprint density at radius 3 is 2.44 bits per heavy atom. The van der Waals surface area contributed by atoms with Crippen LogP contribution in [0.3, 0.4) is 0 Å². The molecule has 27 heavy (non-hydrogen) atoms. The molecular weight excluding hydrogens is 368 g/mol. The smallest absolute Gasteiger partial charge is 0.417 e. The zero-order chi connectivity index (χ0) is 19.8. The van der Waals surface area contributed by atoms with Gasteiger partial charge in [0.2, 0.25) is 0 Å². The first-order valence-corrected chi connectivity index (χ1v) is 8.77. The minimum atomic E-state index is -4.83. The van der Waals surface area contributed by atoms with Gasteiger partial charge in [-0.25, -0.2) is 4.39 Å². The lowest BCUT2D eigenvalue weighted by Gasteiger charge is -2.42. The molecule has 1 aromatic rings. The van der Waals surface area contributed by atoms with Gasteiger partial charge >= 0.3 is 12.1 Å². The number of carboxylic acid groups (broad SMARTS) is 1. The van der Waals surface area contributed by atoms with Crippen molar-refractivity contribution in [2.75, 3.05) is 13.1 Å². The average molecular weight is 388 g/mol. The third-order valence-corrected chi connectivity index (χ3v) is 5.02. The summed E-state index contributed by atoms with van der Waals surface area (Å²) in [5, 5.41) is 11.6. The van der Waals surface area contributed by atoms with Gasteiger partial charge in [0.25, 0.3) is 5.91 Å². The number of halogens is 4. The quantitative estimate of drug-likeness (QED) is 0.705. The molecule has 2 aliphatic rings. The van der Waals surface area contributed by atoms with Crippen LogP contribution in [0.2, 0.25) is 0 Å². The van der Waals surface area contributed by atoms with E-state index in [0.717, 1.165) is 25.0 Å². The fourth-order valence-corrected chi connectivity index (χ4v) is 3.36. The van der Waals surface area contributed by atoms with E-state index in [2.05, 4.69) is 5.32 Å². The van der Waals surface area contributed by atoms with Crippen LogP contribution in [0.4, 0.5) is 17.6 Å². The van der Waals surface area contributed by atoms with Crippen molar-refractivity contribution in [2.45, 2.75) is 43.9 Å². The van der Waals surface area contributed by atoms with Gasteiger partial charge in [-0.15, -0.1) is 0 Å². The zero-order valence-corrected chi connectivity index (χ0v) is 14.4. The van der Waals surface area contributed by atoms with Gasteiger partial charge in [0.1, 0.15) is 5.82 Å². The van der Waals surface area contributed by atoms with E-state index in [9.17, 15) is 27.2 Å². The summed E-state index contributed by atoms with van der Waals surface area (Å²) in [5.74, 6) is -2.39. The molecule has 0 unspecified atom stereocenters. The maximum Gasteiger partial charge on any atom is 0.417 e. The van der Waals surface area contributed by atoms with Crippen LogP contribution in [0.15, 0.2) is 18.2 Å². The Hall–Kier alpha value is -2.16. The van der Waals surface area contributed by atoms with Crippen molar-refractivity contribution in [1.82, 2.24) is 10.2 Å². The molecule has 2 N–H and O–H groups in total. The fraction of sp³-hybridized carbons (Fsp3) is 0.556. The highest BCUT2D eigenvalue weighted by Gasteiger charge is 2.40. The molecule has 2 saturated carbocycles. The summed E-state index contributed by atoms with van der Waals surface area (Å²) in [6.07, 6.45) is -1.72. The SMILES string of the molecule is O=C(O)CN(CC1CC1)C1CC(NC(=O)c2ccc(F)cc2C(F)(F)F)C1. The number of carboxylic acids is 1. The number of benzene rings is 1. The molecule has 3 rings (SSSR count). The van der Waals surface area contributed by atoms with E-state index in [-0.39, 0.29) is 18.6 Å². The van der Waals surface area contributed by atoms with Crippen LogP contribution in [-0.4, -0.2) is 47.1 Å². The minimum Gasteiger partial charge on any atom is -0.480 e. The highest BCUT2D eigenvalue weighted by atomic mass is 19.4. The highest BCUT2D eigenvalue weighted by Crippen LogP contribution is 2.35. The highest BCUT2D eigenvalue weighted by molar-refractivity contribution is 5.96. The first kappa shape index (κ1) is 19.6. The molecule has 0 heterocycles. The lowest BCUT2D eigenvalue weighted by molar-refractivity contribution is -0.140. The Labute approximate surface area is 153 Å². The number of nitrogens with one attached hydrogen (secondary N) is 1. The number of amides is 1. The van der Waals surface area contributed by atoms with Crippen LogP contribution in [0.25, 0.3) is 0 Å². The van der Waals surface area contributed by atoms with Gasteiger partial charge in [0, 0.05) is 18.6 Å². The van der Waals surface area contributed by atoms with Gasteiger partial charge in [-0.05, 0) is 49.8 Å². The Morgan fingerprint density at radius 1 is 1.22 bits per heavy atom. The largest absolute Gasteiger partial charge is 0.480 e. The van der Waals surface area contributed by atoms with Crippen LogP contribution in [0, 0.1) is 11.7 Å². The van der Waals surface area contributed by atoms with Crippen molar-refractivity contribution in [3.63, 3.8) is 0 Å². The molecule has 0 atom stereocenters. The van der Waals surface area contributed by atoms with Crippen molar-refractivity contribution in [2.24, 2.45) is 5.92 Å². The summed E-state index contributed by atoms with van der Waals surface area (Å²) in [6, 6.07) is 1.61. The standard InChI is InChI=1S/C18H20F4N2O3/c19-11-3-4-14(15(5-11)18(20,21)22)17(27)23-12-6-13(7-12)24(9-16(25)26)8-10-1-2-10/h3-5,10,12-13H,1-2,6-9H2,(H,23,27)(H,25,26). The average Bonchev–Trinajstić information content (AvgIpc) is 3.32. The topological polar surface area (TPSA) is 69.6 Å². The molecule has 5 nitrogen and oxygen atoms in total. The molecule has 1 amide bonds. The van der Waals surface area contributed by atoms with E-state index >= 15 is 0 Å². The maximum absolute atomic E-state index is 13.1. The number of carbonyl (C=O) groups excluding carboxylic acids is 1. The zero-order valence-electron chi connectivity index (χ0n) is 14.4. The molecule has 0 radical (unpaired) electrons. The van der Waals surface area contributed by atoms with E-state index in [4.69, 9.17) is 5.11 Å². The lowest BCUT2D eigenvalue weighted by atomic mass is 9.85. The van der Waals surface area contributed by atoms with Gasteiger partial charge in [0.15, 0.2) is 0 Å². The van der Waals surface area contributed by atoms with Crippen LogP contribution in [0.1, 0.15) is 41.6 Å². The number of nitrogens with zero attached hydrogens (tertiary/aromatic N) is 1. The number of aliphatic carboxylic acids is 1. The summed E-state index contributed by atoms with van der Waals surface area (Å²) in [5.41, 5.74) is -1.93. The first-order chi connectivity index (χ1) is 12.6. The monoisotopic (exact) mass is 388 g/mol. The molecule has 2 aliphatic carbocycles. The van der Waals surface area contributed by atoms with Crippen molar-refractivity contribution in [3.8, 4) is 0 Å². The minimum absolute atomic E-state index is 0.0118. The molecule has 9 heteroatoms. The second-order valence-corrected chi connectivity index (χ2v) is 7.25. The van der Waals surface area contributed by atoms with Crippen molar-refractivity contribution in [1.29, 1.82) is 0 Å². The van der Waals surface area contributed by atoms with Crippen molar-refractivity contribution in [3.05, 3.63) is 35.1 Å². The Bertz CT molecular complexity index is 728. The van der Waals surface area contributed by atoms with Gasteiger partial charge in [-0.2, -0.15) is 13.2 Å².